The van der Waals surface area contributed by atoms with Gasteiger partial charge in [-0.1, -0.05) is 11.2 Å². The van der Waals surface area contributed by atoms with E-state index in [-0.39, 0.29) is 6.79 Å². The summed E-state index contributed by atoms with van der Waals surface area (Å²) in [7, 11) is 0. The summed E-state index contributed by atoms with van der Waals surface area (Å²) < 4.78 is 10.4. The molecule has 1 aromatic rings. The van der Waals surface area contributed by atoms with Crippen LogP contribution in [0.25, 0.3) is 0 Å². The average molecular weight is 179 g/mol. The highest BCUT2D eigenvalue weighted by molar-refractivity contribution is 5.56. The summed E-state index contributed by atoms with van der Waals surface area (Å²) in [6, 6.07) is 3.72. The van der Waals surface area contributed by atoms with Crippen molar-refractivity contribution >= 4 is 6.72 Å². The Morgan fingerprint density at radius 2 is 2.31 bits per heavy atom. The van der Waals surface area contributed by atoms with E-state index in [1.807, 2.05) is 19.1 Å². The lowest BCUT2D eigenvalue weighted by Crippen LogP contribution is -1.94. The summed E-state index contributed by atoms with van der Waals surface area (Å²) in [5.74, 6) is 1.86. The molecule has 1 heterocycles. The Balaban J connectivity index is 2.51. The van der Waals surface area contributed by atoms with Gasteiger partial charge in [-0.25, -0.2) is 0 Å². The molecule has 2 rings (SSSR count). The molecule has 68 valence electrons. The van der Waals surface area contributed by atoms with Crippen molar-refractivity contribution in [1.82, 2.24) is 0 Å². The molecule has 0 saturated heterocycles. The fourth-order valence-corrected chi connectivity index (χ4v) is 1.22. The highest BCUT2D eigenvalue weighted by atomic mass is 16.7. The number of hydrogen-bond acceptors (Lipinski definition) is 4. The zero-order valence-electron chi connectivity index (χ0n) is 7.24. The number of nitrogens with zero attached hydrogens (tertiary/aromatic N) is 1. The fourth-order valence-electron chi connectivity index (χ4n) is 1.22. The Morgan fingerprint density at radius 1 is 1.46 bits per heavy atom. The zero-order chi connectivity index (χ0) is 9.26. The molecule has 0 saturated carbocycles. The number of oxime groups is 1. The Hall–Kier alpha value is -1.71. The van der Waals surface area contributed by atoms with Crippen molar-refractivity contribution in [3.8, 4) is 17.2 Å². The van der Waals surface area contributed by atoms with Crippen LogP contribution >= 0.6 is 0 Å². The second-order valence-electron chi connectivity index (χ2n) is 2.67. The number of benzene rings is 1. The predicted molar refractivity (Wildman–Crippen MR) is 47.5 cm³/mol. The van der Waals surface area contributed by atoms with Gasteiger partial charge in [-0.3, -0.25) is 0 Å². The van der Waals surface area contributed by atoms with Crippen LogP contribution in [0.5, 0.6) is 17.2 Å². The van der Waals surface area contributed by atoms with E-state index < -0.39 is 0 Å². The minimum atomic E-state index is 0.228. The average Bonchev–Trinajstić information content (AvgIpc) is 2.58. The predicted octanol–water partition coefficient (Wildman–Crippen LogP) is 1.72. The molecule has 0 aromatic heterocycles. The zero-order valence-corrected chi connectivity index (χ0v) is 7.24. The first-order chi connectivity index (χ1) is 6.33. The third-order valence-corrected chi connectivity index (χ3v) is 1.85. The van der Waals surface area contributed by atoms with Crippen molar-refractivity contribution in [1.29, 1.82) is 0 Å². The maximum atomic E-state index is 5.23. The van der Waals surface area contributed by atoms with Crippen molar-refractivity contribution in [3.05, 3.63) is 17.7 Å². The lowest BCUT2D eigenvalue weighted by molar-refractivity contribution is 0.170. The molecule has 0 bridgehead atoms. The van der Waals surface area contributed by atoms with Gasteiger partial charge in [0.1, 0.15) is 0 Å². The molecular weight excluding hydrogens is 170 g/mol. The maximum Gasteiger partial charge on any atom is 0.231 e. The molecule has 0 fully saturated rings. The molecule has 0 aliphatic carbocycles. The van der Waals surface area contributed by atoms with Gasteiger partial charge in [0, 0.05) is 6.72 Å². The van der Waals surface area contributed by atoms with Crippen LogP contribution in [0.4, 0.5) is 0 Å². The highest BCUT2D eigenvalue weighted by Crippen LogP contribution is 2.42. The van der Waals surface area contributed by atoms with Gasteiger partial charge in [-0.05, 0) is 18.6 Å². The number of fused-ring (bicyclic) bond motifs is 1. The molecule has 1 aliphatic heterocycles. The molecule has 0 atom stereocenters. The Labute approximate surface area is 75.7 Å². The van der Waals surface area contributed by atoms with Gasteiger partial charge < -0.3 is 14.3 Å². The van der Waals surface area contributed by atoms with Crippen molar-refractivity contribution in [2.75, 3.05) is 6.79 Å². The summed E-state index contributed by atoms with van der Waals surface area (Å²) in [6.07, 6.45) is 0. The van der Waals surface area contributed by atoms with E-state index in [2.05, 4.69) is 11.9 Å². The van der Waals surface area contributed by atoms with Crippen LogP contribution in [0.15, 0.2) is 17.3 Å². The second kappa shape index (κ2) is 2.97. The molecule has 1 aliphatic rings. The molecule has 0 amide bonds. The number of hydrogen-bond donors (Lipinski definition) is 0. The molecule has 0 spiro atoms. The van der Waals surface area contributed by atoms with Crippen molar-refractivity contribution < 1.29 is 14.3 Å². The molecule has 13 heavy (non-hydrogen) atoms. The Morgan fingerprint density at radius 3 is 3.08 bits per heavy atom. The SMILES string of the molecule is C=NOc1c(C)ccc2c1OCO2. The summed E-state index contributed by atoms with van der Waals surface area (Å²) in [4.78, 5) is 4.99. The molecule has 0 N–H and O–H groups in total. The first-order valence-corrected chi connectivity index (χ1v) is 3.85. The van der Waals surface area contributed by atoms with Crippen LogP contribution in [0.2, 0.25) is 0 Å². The van der Waals surface area contributed by atoms with E-state index in [9.17, 15) is 0 Å². The van der Waals surface area contributed by atoms with Gasteiger partial charge in [0.15, 0.2) is 5.75 Å². The van der Waals surface area contributed by atoms with Crippen LogP contribution in [0.3, 0.4) is 0 Å². The van der Waals surface area contributed by atoms with Gasteiger partial charge in [-0.2, -0.15) is 0 Å². The van der Waals surface area contributed by atoms with Gasteiger partial charge >= 0.3 is 0 Å². The quantitative estimate of drug-likeness (QED) is 0.512. The van der Waals surface area contributed by atoms with Crippen molar-refractivity contribution in [2.24, 2.45) is 5.16 Å². The van der Waals surface area contributed by atoms with Crippen LogP contribution in [-0.4, -0.2) is 13.5 Å². The van der Waals surface area contributed by atoms with Gasteiger partial charge in [0.25, 0.3) is 0 Å². The van der Waals surface area contributed by atoms with Gasteiger partial charge in [0.2, 0.25) is 18.3 Å². The van der Waals surface area contributed by atoms with Crippen molar-refractivity contribution in [2.45, 2.75) is 6.92 Å². The third kappa shape index (κ3) is 1.20. The topological polar surface area (TPSA) is 40.0 Å². The lowest BCUT2D eigenvalue weighted by atomic mass is 10.2. The van der Waals surface area contributed by atoms with Crippen LogP contribution in [-0.2, 0) is 0 Å². The molecule has 4 heteroatoms. The molecule has 4 nitrogen and oxygen atoms in total. The summed E-state index contributed by atoms with van der Waals surface area (Å²) in [5, 5.41) is 3.36. The normalized spacial score (nSPS) is 12.7. The monoisotopic (exact) mass is 179 g/mol. The molecular formula is C9H9NO3. The summed E-state index contributed by atoms with van der Waals surface area (Å²) in [6.45, 7) is 5.39. The first kappa shape index (κ1) is 7.91. The van der Waals surface area contributed by atoms with Gasteiger partial charge in [0.05, 0.1) is 0 Å². The number of aryl methyl sites for hydroxylation is 1. The summed E-state index contributed by atoms with van der Waals surface area (Å²) >= 11 is 0. The van der Waals surface area contributed by atoms with E-state index >= 15 is 0 Å². The van der Waals surface area contributed by atoms with E-state index in [1.165, 1.54) is 0 Å². The van der Waals surface area contributed by atoms with E-state index in [4.69, 9.17) is 14.3 Å². The van der Waals surface area contributed by atoms with Gasteiger partial charge in [-0.15, -0.1) is 0 Å². The maximum absolute atomic E-state index is 5.23. The largest absolute Gasteiger partial charge is 0.453 e. The third-order valence-electron chi connectivity index (χ3n) is 1.85. The molecule has 0 radical (unpaired) electrons. The summed E-state index contributed by atoms with van der Waals surface area (Å²) in [5.41, 5.74) is 0.941. The number of ether oxygens (including phenoxy) is 2. The smallest absolute Gasteiger partial charge is 0.231 e. The minimum Gasteiger partial charge on any atom is -0.453 e. The van der Waals surface area contributed by atoms with Crippen LogP contribution in [0, 0.1) is 6.92 Å². The van der Waals surface area contributed by atoms with Crippen LogP contribution < -0.4 is 14.3 Å². The lowest BCUT2D eigenvalue weighted by Gasteiger charge is -2.05. The second-order valence-corrected chi connectivity index (χ2v) is 2.67. The molecule has 1 aromatic carbocycles. The number of rotatable bonds is 2. The van der Waals surface area contributed by atoms with Crippen LogP contribution in [0.1, 0.15) is 5.56 Å². The Kier molecular flexibility index (Phi) is 1.81. The van der Waals surface area contributed by atoms with E-state index in [0.29, 0.717) is 17.2 Å². The minimum absolute atomic E-state index is 0.228. The van der Waals surface area contributed by atoms with E-state index in [1.54, 1.807) is 0 Å². The molecule has 0 unspecified atom stereocenters. The fraction of sp³-hybridized carbons (Fsp3) is 0.222. The Bertz CT molecular complexity index is 349. The first-order valence-electron chi connectivity index (χ1n) is 3.85. The van der Waals surface area contributed by atoms with Crippen molar-refractivity contribution in [3.63, 3.8) is 0 Å². The highest BCUT2D eigenvalue weighted by Gasteiger charge is 2.20. The standard InChI is InChI=1S/C9H9NO3/c1-6-3-4-7-9(12-5-11-7)8(6)13-10-2/h3-4H,2,5H2,1H3. The van der Waals surface area contributed by atoms with E-state index in [0.717, 1.165) is 5.56 Å².